The first-order valence-corrected chi connectivity index (χ1v) is 12.9. The van der Waals surface area contributed by atoms with E-state index < -0.39 is 0 Å². The molecular weight excluding hydrogens is 455 g/mol. The van der Waals surface area contributed by atoms with Crippen LogP contribution in [0.25, 0.3) is 0 Å². The van der Waals surface area contributed by atoms with Gasteiger partial charge in [-0.1, -0.05) is 17.7 Å². The van der Waals surface area contributed by atoms with Crippen molar-refractivity contribution in [2.75, 3.05) is 37.7 Å². The molecule has 2 aromatic rings. The lowest BCUT2D eigenvalue weighted by atomic mass is 9.90. The summed E-state index contributed by atoms with van der Waals surface area (Å²) in [6.07, 6.45) is 10.1. The molecule has 6 nitrogen and oxygen atoms in total. The summed E-state index contributed by atoms with van der Waals surface area (Å²) in [5.74, 6) is 3.18. The molecule has 1 aromatic heterocycles. The molecule has 0 radical (unpaired) electrons. The largest absolute Gasteiger partial charge is 0.493 e. The van der Waals surface area contributed by atoms with Crippen molar-refractivity contribution in [3.8, 4) is 5.75 Å². The third kappa shape index (κ3) is 5.62. The van der Waals surface area contributed by atoms with Crippen molar-refractivity contribution in [2.45, 2.75) is 44.9 Å². The highest BCUT2D eigenvalue weighted by Crippen LogP contribution is 2.49. The van der Waals surface area contributed by atoms with Gasteiger partial charge < -0.3 is 14.5 Å². The number of ether oxygens (including phenoxy) is 1. The van der Waals surface area contributed by atoms with Gasteiger partial charge in [-0.3, -0.25) is 4.79 Å². The third-order valence-corrected chi connectivity index (χ3v) is 7.79. The van der Waals surface area contributed by atoms with Gasteiger partial charge in [0, 0.05) is 32.2 Å². The van der Waals surface area contributed by atoms with Crippen LogP contribution in [-0.2, 0) is 11.2 Å². The standard InChI is InChI=1S/C26H32ClFN4O2/c27-21-16-29-26(30-17-21)32-10-5-18(6-11-32)23-13-19(23)7-12-34-22-4-3-20(24(28)15-22)14-25(33)31-8-1-2-9-31/h3-4,15-19,23H,1-2,5-14H2/t19-,23?/m1/s1. The molecule has 3 fully saturated rings. The van der Waals surface area contributed by atoms with Gasteiger partial charge in [0.05, 0.1) is 30.4 Å². The number of likely N-dealkylation sites (tertiary alicyclic amines) is 1. The number of hydrogen-bond acceptors (Lipinski definition) is 5. The van der Waals surface area contributed by atoms with Crippen molar-refractivity contribution in [3.63, 3.8) is 0 Å². The molecule has 1 unspecified atom stereocenters. The topological polar surface area (TPSA) is 58.6 Å². The second-order valence-corrected chi connectivity index (χ2v) is 10.3. The van der Waals surface area contributed by atoms with E-state index in [1.54, 1.807) is 24.5 Å². The first kappa shape index (κ1) is 23.3. The fourth-order valence-corrected chi connectivity index (χ4v) is 5.60. The fourth-order valence-electron chi connectivity index (χ4n) is 5.51. The van der Waals surface area contributed by atoms with E-state index in [1.165, 1.54) is 12.5 Å². The average molecular weight is 487 g/mol. The molecule has 1 aliphatic carbocycles. The number of piperidine rings is 1. The van der Waals surface area contributed by atoms with Gasteiger partial charge in [0.1, 0.15) is 11.6 Å². The quantitative estimate of drug-likeness (QED) is 0.538. The van der Waals surface area contributed by atoms with Crippen LogP contribution < -0.4 is 9.64 Å². The number of rotatable bonds is 8. The maximum atomic E-state index is 14.5. The summed E-state index contributed by atoms with van der Waals surface area (Å²) >= 11 is 5.89. The van der Waals surface area contributed by atoms with Crippen LogP contribution in [0.1, 0.15) is 44.1 Å². The lowest BCUT2D eigenvalue weighted by molar-refractivity contribution is -0.129. The van der Waals surface area contributed by atoms with E-state index in [1.807, 2.05) is 4.90 Å². The number of benzene rings is 1. The number of amides is 1. The van der Waals surface area contributed by atoms with Gasteiger partial charge in [0.15, 0.2) is 0 Å². The summed E-state index contributed by atoms with van der Waals surface area (Å²) in [6, 6.07) is 4.90. The molecule has 2 aliphatic heterocycles. The van der Waals surface area contributed by atoms with Gasteiger partial charge >= 0.3 is 0 Å². The molecule has 34 heavy (non-hydrogen) atoms. The minimum atomic E-state index is -0.356. The first-order chi connectivity index (χ1) is 16.6. The third-order valence-electron chi connectivity index (χ3n) is 7.59. The lowest BCUT2D eigenvalue weighted by Crippen LogP contribution is -2.35. The number of carbonyl (C=O) groups is 1. The van der Waals surface area contributed by atoms with E-state index in [0.717, 1.165) is 76.1 Å². The molecule has 1 amide bonds. The highest BCUT2D eigenvalue weighted by Gasteiger charge is 2.43. The van der Waals surface area contributed by atoms with Crippen molar-refractivity contribution < 1.29 is 13.9 Å². The Balaban J connectivity index is 1.02. The SMILES string of the molecule is O=C(Cc1ccc(OCC[C@@H]2CC2C2CCN(c3ncc(Cl)cn3)CC2)cc1F)N1CCCC1. The highest BCUT2D eigenvalue weighted by atomic mass is 35.5. The van der Waals surface area contributed by atoms with Gasteiger partial charge in [0.25, 0.3) is 0 Å². The van der Waals surface area contributed by atoms with Crippen molar-refractivity contribution in [1.29, 1.82) is 0 Å². The van der Waals surface area contributed by atoms with Crippen LogP contribution in [0.2, 0.25) is 5.02 Å². The maximum absolute atomic E-state index is 14.5. The Bertz CT molecular complexity index is 991. The second-order valence-electron chi connectivity index (χ2n) is 9.84. The van der Waals surface area contributed by atoms with Gasteiger partial charge in [0.2, 0.25) is 11.9 Å². The number of hydrogen-bond donors (Lipinski definition) is 0. The Hall–Kier alpha value is -2.41. The summed E-state index contributed by atoms with van der Waals surface area (Å²) < 4.78 is 20.4. The van der Waals surface area contributed by atoms with Crippen LogP contribution in [0, 0.1) is 23.6 Å². The zero-order chi connectivity index (χ0) is 23.5. The molecular formula is C26H32ClFN4O2. The van der Waals surface area contributed by atoms with Crippen LogP contribution in [0.15, 0.2) is 30.6 Å². The molecule has 5 rings (SSSR count). The molecule has 8 heteroatoms. The Morgan fingerprint density at radius 3 is 2.56 bits per heavy atom. The maximum Gasteiger partial charge on any atom is 0.227 e. The van der Waals surface area contributed by atoms with E-state index in [-0.39, 0.29) is 18.1 Å². The number of aromatic nitrogens is 2. The monoisotopic (exact) mass is 486 g/mol. The molecule has 2 atom stereocenters. The summed E-state index contributed by atoms with van der Waals surface area (Å²) in [5, 5.41) is 0.563. The van der Waals surface area contributed by atoms with Gasteiger partial charge in [-0.2, -0.15) is 0 Å². The van der Waals surface area contributed by atoms with Crippen molar-refractivity contribution in [1.82, 2.24) is 14.9 Å². The molecule has 1 saturated carbocycles. The van der Waals surface area contributed by atoms with Gasteiger partial charge in [-0.25, -0.2) is 14.4 Å². The van der Waals surface area contributed by atoms with Crippen molar-refractivity contribution in [3.05, 3.63) is 47.0 Å². The minimum absolute atomic E-state index is 0.0105. The summed E-state index contributed by atoms with van der Waals surface area (Å²) in [7, 11) is 0. The molecule has 0 N–H and O–H groups in total. The van der Waals surface area contributed by atoms with Crippen LogP contribution >= 0.6 is 11.6 Å². The number of nitrogens with zero attached hydrogens (tertiary/aromatic N) is 4. The van der Waals surface area contributed by atoms with Crippen LogP contribution in [0.3, 0.4) is 0 Å². The Morgan fingerprint density at radius 2 is 1.85 bits per heavy atom. The van der Waals surface area contributed by atoms with Crippen LogP contribution in [0.4, 0.5) is 10.3 Å². The van der Waals surface area contributed by atoms with Crippen LogP contribution in [-0.4, -0.2) is 53.6 Å². The van der Waals surface area contributed by atoms with E-state index in [0.29, 0.717) is 28.9 Å². The number of carbonyl (C=O) groups excluding carboxylic acids is 1. The Morgan fingerprint density at radius 1 is 1.12 bits per heavy atom. The van der Waals surface area contributed by atoms with Crippen LogP contribution in [0.5, 0.6) is 5.75 Å². The fraction of sp³-hybridized carbons (Fsp3) is 0.577. The van der Waals surface area contributed by atoms with Gasteiger partial charge in [-0.15, -0.1) is 0 Å². The van der Waals surface area contributed by atoms with E-state index >= 15 is 0 Å². The Kier molecular flexibility index (Phi) is 7.18. The second kappa shape index (κ2) is 10.5. The molecule has 0 bridgehead atoms. The van der Waals surface area contributed by atoms with Gasteiger partial charge in [-0.05, 0) is 67.9 Å². The van der Waals surface area contributed by atoms with E-state index in [9.17, 15) is 9.18 Å². The molecule has 2 saturated heterocycles. The average Bonchev–Trinajstić information content (AvgIpc) is 3.39. The van der Waals surface area contributed by atoms with Crippen molar-refractivity contribution >= 4 is 23.5 Å². The highest BCUT2D eigenvalue weighted by molar-refractivity contribution is 6.30. The molecule has 3 aliphatic rings. The predicted octanol–water partition coefficient (Wildman–Crippen LogP) is 4.76. The van der Waals surface area contributed by atoms with E-state index in [2.05, 4.69) is 14.9 Å². The number of halogens is 2. The molecule has 3 heterocycles. The summed E-state index contributed by atoms with van der Waals surface area (Å²) in [5.41, 5.74) is 0.446. The Labute approximate surface area is 205 Å². The predicted molar refractivity (Wildman–Crippen MR) is 130 cm³/mol. The summed E-state index contributed by atoms with van der Waals surface area (Å²) in [4.78, 5) is 25.0. The summed E-state index contributed by atoms with van der Waals surface area (Å²) in [6.45, 7) is 4.15. The first-order valence-electron chi connectivity index (χ1n) is 12.5. The minimum Gasteiger partial charge on any atom is -0.493 e. The molecule has 1 aromatic carbocycles. The zero-order valence-electron chi connectivity index (χ0n) is 19.5. The molecule has 0 spiro atoms. The normalized spacial score (nSPS) is 22.8. The van der Waals surface area contributed by atoms with Crippen molar-refractivity contribution in [2.24, 2.45) is 17.8 Å². The zero-order valence-corrected chi connectivity index (χ0v) is 20.2. The van der Waals surface area contributed by atoms with E-state index in [4.69, 9.17) is 16.3 Å². The molecule has 182 valence electrons. The smallest absolute Gasteiger partial charge is 0.227 e. The number of anilines is 1. The lowest BCUT2D eigenvalue weighted by Gasteiger charge is -2.32.